The van der Waals surface area contributed by atoms with E-state index in [2.05, 4.69) is 53.4 Å². The number of likely N-dealkylation sites (N-methyl/N-ethyl adjacent to an activating group) is 1. The minimum Gasteiger partial charge on any atom is -0.345 e. The summed E-state index contributed by atoms with van der Waals surface area (Å²) in [6, 6.07) is 10.4. The molecular weight excluding hydrogens is 224 g/mol. The Balaban J connectivity index is 2.47. The van der Waals surface area contributed by atoms with E-state index in [1.165, 1.54) is 5.56 Å². The molecule has 0 aliphatic heterocycles. The Kier molecular flexibility index (Phi) is 6.22. The number of nitrogens with one attached hydrogen (secondary N) is 1. The van der Waals surface area contributed by atoms with Crippen LogP contribution in [-0.4, -0.2) is 31.0 Å². The van der Waals surface area contributed by atoms with Crippen LogP contribution in [-0.2, 0) is 6.42 Å². The number of hydrogen-bond donors (Lipinski definition) is 2. The lowest BCUT2D eigenvalue weighted by molar-refractivity contribution is 0.482. The molecule has 1 aromatic carbocycles. The van der Waals surface area contributed by atoms with E-state index in [4.69, 9.17) is 5.84 Å². The third-order valence-corrected chi connectivity index (χ3v) is 2.68. The van der Waals surface area contributed by atoms with Gasteiger partial charge in [-0.05, 0) is 17.9 Å². The fourth-order valence-corrected chi connectivity index (χ4v) is 1.59. The molecule has 4 heteroatoms. The van der Waals surface area contributed by atoms with Gasteiger partial charge in [-0.15, -0.1) is 0 Å². The van der Waals surface area contributed by atoms with E-state index in [9.17, 15) is 0 Å². The summed E-state index contributed by atoms with van der Waals surface area (Å²) in [4.78, 5) is 6.51. The van der Waals surface area contributed by atoms with Crippen LogP contribution in [0.3, 0.4) is 0 Å². The van der Waals surface area contributed by atoms with Crippen molar-refractivity contribution in [1.82, 2.24) is 10.3 Å². The summed E-state index contributed by atoms with van der Waals surface area (Å²) >= 11 is 0. The van der Waals surface area contributed by atoms with Gasteiger partial charge in [-0.25, -0.2) is 5.84 Å². The maximum absolute atomic E-state index is 5.51. The second-order valence-corrected chi connectivity index (χ2v) is 4.86. The van der Waals surface area contributed by atoms with Crippen LogP contribution in [0.4, 0.5) is 0 Å². The summed E-state index contributed by atoms with van der Waals surface area (Å²) in [5.74, 6) is 6.79. The van der Waals surface area contributed by atoms with Crippen molar-refractivity contribution in [3.05, 3.63) is 35.9 Å². The van der Waals surface area contributed by atoms with Crippen LogP contribution in [0.2, 0.25) is 0 Å². The van der Waals surface area contributed by atoms with Gasteiger partial charge in [0.1, 0.15) is 0 Å². The lowest BCUT2D eigenvalue weighted by atomic mass is 10.1. The van der Waals surface area contributed by atoms with Crippen molar-refractivity contribution in [2.24, 2.45) is 16.8 Å². The number of guanidine groups is 1. The van der Waals surface area contributed by atoms with Gasteiger partial charge in [0.25, 0.3) is 0 Å². The van der Waals surface area contributed by atoms with Gasteiger partial charge in [0, 0.05) is 20.1 Å². The molecule has 0 saturated heterocycles. The largest absolute Gasteiger partial charge is 0.345 e. The maximum atomic E-state index is 5.51. The lowest BCUT2D eigenvalue weighted by Crippen LogP contribution is -2.43. The zero-order valence-electron chi connectivity index (χ0n) is 11.6. The van der Waals surface area contributed by atoms with Crippen LogP contribution in [0, 0.1) is 5.92 Å². The van der Waals surface area contributed by atoms with Gasteiger partial charge < -0.3 is 4.90 Å². The predicted octanol–water partition coefficient (Wildman–Crippen LogP) is 1.64. The van der Waals surface area contributed by atoms with Gasteiger partial charge in [0.15, 0.2) is 0 Å². The molecule has 0 atom stereocenters. The van der Waals surface area contributed by atoms with Crippen molar-refractivity contribution >= 4 is 5.96 Å². The Morgan fingerprint density at radius 2 is 2.00 bits per heavy atom. The normalized spacial score (nSPS) is 11.7. The van der Waals surface area contributed by atoms with E-state index in [1.54, 1.807) is 0 Å². The molecule has 0 unspecified atom stereocenters. The molecule has 0 aliphatic rings. The molecule has 0 radical (unpaired) electrons. The number of rotatable bonds is 5. The minimum absolute atomic E-state index is 0.538. The van der Waals surface area contributed by atoms with Gasteiger partial charge in [-0.1, -0.05) is 44.2 Å². The van der Waals surface area contributed by atoms with Crippen molar-refractivity contribution in [2.45, 2.75) is 20.3 Å². The van der Waals surface area contributed by atoms with Gasteiger partial charge in [-0.3, -0.25) is 10.4 Å². The topological polar surface area (TPSA) is 53.6 Å². The maximum Gasteiger partial charge on any atom is 0.208 e. The SMILES string of the molecule is CC(C)CN=C(NN)N(C)CCc1ccccc1. The first-order valence-corrected chi connectivity index (χ1v) is 6.39. The van der Waals surface area contributed by atoms with E-state index in [0.29, 0.717) is 5.92 Å². The first-order chi connectivity index (χ1) is 8.63. The quantitative estimate of drug-likeness (QED) is 0.360. The molecule has 1 aromatic rings. The zero-order chi connectivity index (χ0) is 13.4. The van der Waals surface area contributed by atoms with Crippen molar-refractivity contribution in [3.63, 3.8) is 0 Å². The lowest BCUT2D eigenvalue weighted by Gasteiger charge is -2.21. The van der Waals surface area contributed by atoms with Crippen molar-refractivity contribution in [1.29, 1.82) is 0 Å². The highest BCUT2D eigenvalue weighted by Gasteiger charge is 2.05. The Morgan fingerprint density at radius 3 is 2.56 bits per heavy atom. The van der Waals surface area contributed by atoms with Gasteiger partial charge >= 0.3 is 0 Å². The summed E-state index contributed by atoms with van der Waals surface area (Å²) in [6.45, 7) is 5.96. The van der Waals surface area contributed by atoms with E-state index in [0.717, 1.165) is 25.5 Å². The molecule has 1 rings (SSSR count). The Hall–Kier alpha value is -1.55. The van der Waals surface area contributed by atoms with Crippen LogP contribution in [0.15, 0.2) is 35.3 Å². The molecule has 0 aliphatic carbocycles. The van der Waals surface area contributed by atoms with Gasteiger partial charge in [0.05, 0.1) is 0 Å². The molecule has 100 valence electrons. The second-order valence-electron chi connectivity index (χ2n) is 4.86. The van der Waals surface area contributed by atoms with Gasteiger partial charge in [0.2, 0.25) is 5.96 Å². The Labute approximate surface area is 110 Å². The number of hydrazine groups is 1. The van der Waals surface area contributed by atoms with Crippen molar-refractivity contribution in [3.8, 4) is 0 Å². The van der Waals surface area contributed by atoms with Crippen LogP contribution in [0.1, 0.15) is 19.4 Å². The number of nitrogens with two attached hydrogens (primary N) is 1. The van der Waals surface area contributed by atoms with Crippen LogP contribution < -0.4 is 11.3 Å². The third kappa shape index (κ3) is 5.19. The Morgan fingerprint density at radius 1 is 1.33 bits per heavy atom. The molecule has 0 fully saturated rings. The zero-order valence-corrected chi connectivity index (χ0v) is 11.6. The molecule has 0 bridgehead atoms. The highest BCUT2D eigenvalue weighted by molar-refractivity contribution is 5.79. The molecule has 18 heavy (non-hydrogen) atoms. The van der Waals surface area contributed by atoms with Crippen LogP contribution in [0.5, 0.6) is 0 Å². The number of hydrogen-bond acceptors (Lipinski definition) is 2. The predicted molar refractivity (Wildman–Crippen MR) is 77.2 cm³/mol. The van der Waals surface area contributed by atoms with E-state index < -0.39 is 0 Å². The van der Waals surface area contributed by atoms with Gasteiger partial charge in [-0.2, -0.15) is 0 Å². The van der Waals surface area contributed by atoms with E-state index in [-0.39, 0.29) is 0 Å². The summed E-state index contributed by atoms with van der Waals surface area (Å²) in [5, 5.41) is 0. The number of aliphatic imine (C=N–C) groups is 1. The molecule has 0 saturated carbocycles. The minimum atomic E-state index is 0.538. The molecule has 3 N–H and O–H groups in total. The fourth-order valence-electron chi connectivity index (χ4n) is 1.59. The summed E-state index contributed by atoms with van der Waals surface area (Å²) in [5.41, 5.74) is 3.99. The molecule has 0 aromatic heterocycles. The monoisotopic (exact) mass is 248 g/mol. The second kappa shape index (κ2) is 7.71. The highest BCUT2D eigenvalue weighted by Crippen LogP contribution is 2.01. The van der Waals surface area contributed by atoms with Crippen molar-refractivity contribution < 1.29 is 0 Å². The average molecular weight is 248 g/mol. The summed E-state index contributed by atoms with van der Waals surface area (Å²) in [6.07, 6.45) is 0.986. The molecule has 0 spiro atoms. The van der Waals surface area contributed by atoms with Crippen molar-refractivity contribution in [2.75, 3.05) is 20.1 Å². The van der Waals surface area contributed by atoms with Crippen LogP contribution >= 0.6 is 0 Å². The van der Waals surface area contributed by atoms with E-state index >= 15 is 0 Å². The summed E-state index contributed by atoms with van der Waals surface area (Å²) < 4.78 is 0. The summed E-state index contributed by atoms with van der Waals surface area (Å²) in [7, 11) is 2.00. The molecule has 0 amide bonds. The standard InChI is InChI=1S/C14H24N4/c1-12(2)11-16-14(17-15)18(3)10-9-13-7-5-4-6-8-13/h4-8,12H,9-11,15H2,1-3H3,(H,16,17). The highest BCUT2D eigenvalue weighted by atomic mass is 15.4. The molecule has 4 nitrogen and oxygen atoms in total. The Bertz CT molecular complexity index is 359. The first-order valence-electron chi connectivity index (χ1n) is 6.39. The van der Waals surface area contributed by atoms with Crippen LogP contribution in [0.25, 0.3) is 0 Å². The smallest absolute Gasteiger partial charge is 0.208 e. The van der Waals surface area contributed by atoms with E-state index in [1.807, 2.05) is 13.1 Å². The first kappa shape index (κ1) is 14.5. The third-order valence-electron chi connectivity index (χ3n) is 2.68. The molecular formula is C14H24N4. The number of nitrogens with zero attached hydrogens (tertiary/aromatic N) is 2. The molecule has 0 heterocycles. The fraction of sp³-hybridized carbons (Fsp3) is 0.500. The average Bonchev–Trinajstić information content (AvgIpc) is 2.38. The number of benzene rings is 1.